The van der Waals surface area contributed by atoms with Crippen molar-refractivity contribution in [3.8, 4) is 0 Å². The summed E-state index contributed by atoms with van der Waals surface area (Å²) < 4.78 is 4.72. The molecule has 2 saturated heterocycles. The van der Waals surface area contributed by atoms with Crippen LogP contribution < -0.4 is 32.3 Å². The number of anilines is 1. The first-order valence-corrected chi connectivity index (χ1v) is 23.5. The molecule has 70 heavy (non-hydrogen) atoms. The highest BCUT2D eigenvalue weighted by molar-refractivity contribution is 5.99. The minimum Gasteiger partial charge on any atom is -0.372 e. The van der Waals surface area contributed by atoms with Gasteiger partial charge in [-0.3, -0.25) is 43.7 Å². The summed E-state index contributed by atoms with van der Waals surface area (Å²) in [7, 11) is 0. The molecular weight excluding hydrogens is 905 g/mol. The number of hydrogen-bond donors (Lipinski definition) is 7. The Hall–Kier alpha value is -7.91. The fourth-order valence-electron chi connectivity index (χ4n) is 9.11. The van der Waals surface area contributed by atoms with E-state index in [1.54, 1.807) is 18.3 Å². The van der Waals surface area contributed by atoms with Crippen molar-refractivity contribution in [1.82, 2.24) is 46.4 Å². The Morgan fingerprint density at radius 2 is 1.46 bits per heavy atom. The average molecular weight is 963 g/mol. The van der Waals surface area contributed by atoms with Crippen LogP contribution in [0.25, 0.3) is 21.9 Å². The molecule has 2 aliphatic rings. The van der Waals surface area contributed by atoms with E-state index in [0.717, 1.165) is 22.9 Å². The minimum atomic E-state index is -1.28. The van der Waals surface area contributed by atoms with E-state index in [2.05, 4.69) is 41.9 Å². The molecule has 0 aliphatic carbocycles. The second kappa shape index (κ2) is 22.5. The highest BCUT2D eigenvalue weighted by Gasteiger charge is 2.44. The van der Waals surface area contributed by atoms with E-state index in [4.69, 9.17) is 10.4 Å². The van der Waals surface area contributed by atoms with Crippen LogP contribution in [0.3, 0.4) is 0 Å². The first-order valence-electron chi connectivity index (χ1n) is 23.5. The van der Waals surface area contributed by atoms with Crippen molar-refractivity contribution in [2.24, 2.45) is 5.73 Å². The quantitative estimate of drug-likeness (QED) is 0.0411. The fraction of sp³-hybridized carbons (Fsp3) is 0.438. The maximum absolute atomic E-state index is 14.8. The summed E-state index contributed by atoms with van der Waals surface area (Å²) in [6.07, 6.45) is 5.33. The summed E-state index contributed by atoms with van der Waals surface area (Å²) in [4.78, 5) is 114. The lowest BCUT2D eigenvalue weighted by molar-refractivity contribution is -0.383. The number of fused-ring (bicyclic) bond motifs is 2. The lowest BCUT2D eigenvalue weighted by Crippen LogP contribution is -2.60. The number of para-hydroxylation sites is 1. The number of nitro groups is 1. The Morgan fingerprint density at radius 3 is 2.19 bits per heavy atom. The normalized spacial score (nSPS) is 17.8. The van der Waals surface area contributed by atoms with Crippen LogP contribution in [0.1, 0.15) is 76.8 Å². The van der Waals surface area contributed by atoms with E-state index >= 15 is 0 Å². The maximum atomic E-state index is 14.8. The molecule has 2 fully saturated rings. The molecule has 4 heterocycles. The van der Waals surface area contributed by atoms with Crippen LogP contribution in [0.2, 0.25) is 0 Å². The van der Waals surface area contributed by atoms with E-state index in [9.17, 15) is 43.7 Å². The van der Waals surface area contributed by atoms with Gasteiger partial charge in [-0.25, -0.2) is 4.63 Å². The van der Waals surface area contributed by atoms with Crippen molar-refractivity contribution < 1.29 is 43.1 Å². The monoisotopic (exact) mass is 962 g/mol. The van der Waals surface area contributed by atoms with Gasteiger partial charge >= 0.3 is 5.69 Å². The van der Waals surface area contributed by atoms with Crippen molar-refractivity contribution in [2.45, 2.75) is 121 Å². The summed E-state index contributed by atoms with van der Waals surface area (Å²) in [6, 6.07) is 11.7. The van der Waals surface area contributed by atoms with Gasteiger partial charge in [0, 0.05) is 49.1 Å². The van der Waals surface area contributed by atoms with Crippen molar-refractivity contribution in [3.63, 3.8) is 0 Å². The predicted octanol–water partition coefficient (Wildman–Crippen LogP) is 2.51. The molecule has 370 valence electrons. The zero-order chi connectivity index (χ0) is 50.1. The Morgan fingerprint density at radius 1 is 0.786 bits per heavy atom. The molecule has 0 spiro atoms. The number of non-ortho nitro benzene ring substituents is 1. The lowest BCUT2D eigenvalue weighted by atomic mass is 10.0. The molecule has 0 radical (unpaired) electrons. The van der Waals surface area contributed by atoms with Crippen LogP contribution in [-0.4, -0.2) is 127 Å². The first kappa shape index (κ1) is 50.0. The topological polar surface area (TPSA) is 310 Å². The van der Waals surface area contributed by atoms with Crippen LogP contribution in [0.15, 0.2) is 77.6 Å². The summed E-state index contributed by atoms with van der Waals surface area (Å²) in [6.45, 7) is 5.40. The number of carbonyl (C=O) groups excluding carboxylic acids is 7. The van der Waals surface area contributed by atoms with Gasteiger partial charge < -0.3 is 47.1 Å². The molecule has 22 heteroatoms. The number of nitrogens with zero attached hydrogens (tertiary/aromatic N) is 5. The standard InChI is InChI=1S/C48H58N12O10/c1-4-5-16-34(42(49)61)53-46(65)38-18-11-22-58(38)48(67)39-19-12-23-59(39)47(66)36(24-29-13-7-6-8-14-29)55-45(64)35(25-30-26-50-32-17-10-9-15-31(30)32)54-44(63)28(3)52-43(62)27(2)51-33-20-21-37(60(68)69)41-40(33)56-70-57-41/h6-10,13-15,17,20-21,26-28,34-36,38-39,50-51H,4-5,11-12,16,18-19,22-25H2,1-3H3,(H2,49,61)(H,52,62)(H,53,65)(H,54,63)(H,55,64)/t27-,28-,34-,35+,36-,38-,39+/m0/s1. The SMILES string of the molecule is CCCC[C@H](NC(=O)[C@@H]1CCCN1C(=O)[C@H]1CCCN1C(=O)[C@H](Cc1ccccc1)NC(=O)[C@@H](Cc1c[nH]c2ccccc12)NC(=O)[C@H](C)NC(=O)[C@H](C)Nc1ccc([N+](=O)[O-])c2nonc12)C(N)=O. The van der Waals surface area contributed by atoms with Gasteiger partial charge in [-0.15, -0.1) is 0 Å². The molecule has 2 aliphatic heterocycles. The first-order chi connectivity index (χ1) is 33.6. The number of carbonyl (C=O) groups is 7. The van der Waals surface area contributed by atoms with Gasteiger partial charge in [-0.1, -0.05) is 68.3 Å². The lowest BCUT2D eigenvalue weighted by Gasteiger charge is -2.33. The smallest absolute Gasteiger partial charge is 0.300 e. The van der Waals surface area contributed by atoms with Gasteiger partial charge in [-0.2, -0.15) is 0 Å². The third kappa shape index (κ3) is 11.5. The largest absolute Gasteiger partial charge is 0.372 e. The number of benzene rings is 3. The molecular formula is C48H58N12O10. The van der Waals surface area contributed by atoms with E-state index < -0.39 is 88.6 Å². The van der Waals surface area contributed by atoms with E-state index in [1.807, 2.05) is 49.4 Å². The van der Waals surface area contributed by atoms with Gasteiger partial charge in [0.2, 0.25) is 46.9 Å². The predicted molar refractivity (Wildman–Crippen MR) is 255 cm³/mol. The summed E-state index contributed by atoms with van der Waals surface area (Å²) in [5.74, 6) is -4.11. The van der Waals surface area contributed by atoms with Crippen LogP contribution in [0.5, 0.6) is 0 Å². The molecule has 7 amide bonds. The molecule has 7 atom stereocenters. The number of nitrogens with one attached hydrogen (secondary N) is 6. The Labute approximate surface area is 402 Å². The number of aromatic nitrogens is 3. The van der Waals surface area contributed by atoms with E-state index in [-0.39, 0.29) is 48.3 Å². The second-order valence-corrected chi connectivity index (χ2v) is 17.8. The summed E-state index contributed by atoms with van der Waals surface area (Å²) in [5, 5.41) is 33.6. The van der Waals surface area contributed by atoms with Crippen molar-refractivity contribution in [1.29, 1.82) is 0 Å². The molecule has 0 saturated carbocycles. The number of hydrogen-bond acceptors (Lipinski definition) is 13. The van der Waals surface area contributed by atoms with Gasteiger partial charge in [0.15, 0.2) is 5.52 Å². The fourth-order valence-corrected chi connectivity index (χ4v) is 9.11. The molecule has 5 aromatic rings. The zero-order valence-corrected chi connectivity index (χ0v) is 39.1. The number of nitro benzene ring substituents is 1. The van der Waals surface area contributed by atoms with Crippen LogP contribution in [0.4, 0.5) is 11.4 Å². The molecule has 8 N–H and O–H groups in total. The second-order valence-electron chi connectivity index (χ2n) is 17.8. The van der Waals surface area contributed by atoms with Gasteiger partial charge in [0.05, 0.1) is 10.6 Å². The number of H-pyrrole nitrogens is 1. The highest BCUT2D eigenvalue weighted by atomic mass is 16.6. The summed E-state index contributed by atoms with van der Waals surface area (Å²) >= 11 is 0. The van der Waals surface area contributed by atoms with E-state index in [0.29, 0.717) is 44.1 Å². The summed E-state index contributed by atoms with van der Waals surface area (Å²) in [5.41, 5.74) is 7.60. The third-order valence-corrected chi connectivity index (χ3v) is 12.9. The number of primary amides is 1. The number of unbranched alkanes of at least 4 members (excludes halogenated alkanes) is 1. The van der Waals surface area contributed by atoms with Crippen molar-refractivity contribution in [3.05, 3.63) is 94.2 Å². The third-order valence-electron chi connectivity index (χ3n) is 12.9. The molecule has 3 aromatic carbocycles. The number of nitrogens with two attached hydrogens (primary N) is 1. The Kier molecular flexibility index (Phi) is 16.0. The number of likely N-dealkylation sites (tertiary alicyclic amines) is 2. The average Bonchev–Trinajstić information content (AvgIpc) is 4.20. The van der Waals surface area contributed by atoms with Gasteiger partial charge in [-0.05, 0) is 79.5 Å². The van der Waals surface area contributed by atoms with Crippen LogP contribution in [-0.2, 0) is 46.4 Å². The van der Waals surface area contributed by atoms with Crippen LogP contribution >= 0.6 is 0 Å². The Balaban J connectivity index is 1.08. The highest BCUT2D eigenvalue weighted by Crippen LogP contribution is 2.30. The molecule has 2 aromatic heterocycles. The van der Waals surface area contributed by atoms with E-state index in [1.165, 1.54) is 35.8 Å². The zero-order valence-electron chi connectivity index (χ0n) is 39.1. The number of rotatable bonds is 21. The number of amides is 7. The number of aromatic amines is 1. The molecule has 7 rings (SSSR count). The molecule has 0 bridgehead atoms. The Bertz CT molecular complexity index is 2740. The van der Waals surface area contributed by atoms with Crippen molar-refractivity contribution >= 4 is 74.7 Å². The van der Waals surface area contributed by atoms with Gasteiger partial charge in [0.1, 0.15) is 42.3 Å². The van der Waals surface area contributed by atoms with Crippen LogP contribution in [0, 0.1) is 10.1 Å². The van der Waals surface area contributed by atoms with Crippen molar-refractivity contribution in [2.75, 3.05) is 18.4 Å². The van der Waals surface area contributed by atoms with Gasteiger partial charge in [0.25, 0.3) is 0 Å². The minimum absolute atomic E-state index is 0.0212. The molecule has 0 unspecified atom stereocenters. The maximum Gasteiger partial charge on any atom is 0.300 e. The molecule has 22 nitrogen and oxygen atoms in total.